The van der Waals surface area contributed by atoms with Gasteiger partial charge in [0, 0.05) is 12.2 Å². The molecule has 0 spiro atoms. The summed E-state index contributed by atoms with van der Waals surface area (Å²) in [6, 6.07) is 12.6. The molecule has 4 heteroatoms. The number of rotatable bonds is 4. The molecule has 104 valence electrons. The molecule has 20 heavy (non-hydrogen) atoms. The zero-order valence-electron chi connectivity index (χ0n) is 11.5. The quantitative estimate of drug-likeness (QED) is 0.662. The molecule has 2 N–H and O–H groups in total. The van der Waals surface area contributed by atoms with Gasteiger partial charge in [0.1, 0.15) is 5.75 Å². The second-order valence-corrected chi connectivity index (χ2v) is 4.54. The Morgan fingerprint density at radius 2 is 1.90 bits per heavy atom. The van der Waals surface area contributed by atoms with E-state index in [1.807, 2.05) is 31.2 Å². The molecule has 0 atom stereocenters. The Kier molecular flexibility index (Phi) is 4.25. The van der Waals surface area contributed by atoms with Crippen molar-refractivity contribution < 1.29 is 14.6 Å². The number of aromatic hydroxyl groups is 1. The Bertz CT molecular complexity index is 606. The van der Waals surface area contributed by atoms with Crippen LogP contribution in [-0.4, -0.2) is 18.2 Å². The van der Waals surface area contributed by atoms with E-state index in [9.17, 15) is 9.90 Å². The van der Waals surface area contributed by atoms with Crippen LogP contribution >= 0.6 is 0 Å². The van der Waals surface area contributed by atoms with Crippen LogP contribution in [0.25, 0.3) is 0 Å². The third kappa shape index (κ3) is 3.29. The van der Waals surface area contributed by atoms with E-state index in [1.165, 1.54) is 7.11 Å². The van der Waals surface area contributed by atoms with Gasteiger partial charge in [-0.05, 0) is 48.4 Å². The zero-order chi connectivity index (χ0) is 14.5. The van der Waals surface area contributed by atoms with Crippen LogP contribution in [0.2, 0.25) is 0 Å². The van der Waals surface area contributed by atoms with E-state index in [0.717, 1.165) is 16.8 Å². The Hall–Kier alpha value is -2.49. The number of nitrogens with one attached hydrogen (secondary N) is 1. The third-order valence-corrected chi connectivity index (χ3v) is 3.07. The van der Waals surface area contributed by atoms with Crippen molar-refractivity contribution in [2.24, 2.45) is 0 Å². The summed E-state index contributed by atoms with van der Waals surface area (Å²) >= 11 is 0. The molecule has 0 saturated carbocycles. The number of phenols is 1. The predicted octanol–water partition coefficient (Wildman–Crippen LogP) is 3.10. The maximum absolute atomic E-state index is 11.3. The number of esters is 1. The molecule has 2 aromatic carbocycles. The van der Waals surface area contributed by atoms with Gasteiger partial charge >= 0.3 is 5.97 Å². The largest absolute Gasteiger partial charge is 0.508 e. The molecule has 0 saturated heterocycles. The molecule has 0 amide bonds. The minimum absolute atomic E-state index is 0.290. The first-order valence-electron chi connectivity index (χ1n) is 6.31. The lowest BCUT2D eigenvalue weighted by molar-refractivity contribution is 0.0600. The van der Waals surface area contributed by atoms with Crippen molar-refractivity contribution in [1.82, 2.24) is 0 Å². The summed E-state index contributed by atoms with van der Waals surface area (Å²) in [5.74, 6) is -0.0448. The number of carbonyl (C=O) groups excluding carboxylic acids is 1. The van der Waals surface area contributed by atoms with E-state index in [1.54, 1.807) is 18.2 Å². The van der Waals surface area contributed by atoms with Crippen LogP contribution < -0.4 is 5.32 Å². The number of benzene rings is 2. The lowest BCUT2D eigenvalue weighted by Crippen LogP contribution is -2.03. The van der Waals surface area contributed by atoms with E-state index in [0.29, 0.717) is 12.1 Å². The fourth-order valence-corrected chi connectivity index (χ4v) is 1.85. The number of carbonyl (C=O) groups is 1. The number of hydrogen-bond acceptors (Lipinski definition) is 4. The highest BCUT2D eigenvalue weighted by molar-refractivity contribution is 5.89. The molecular weight excluding hydrogens is 254 g/mol. The van der Waals surface area contributed by atoms with Gasteiger partial charge in [0.05, 0.1) is 12.7 Å². The standard InChI is InChI=1S/C16H17NO3/c1-11-9-14(7-8-15(11)18)17-10-12-3-5-13(6-4-12)16(19)20-2/h3-9,17-18H,10H2,1-2H3. The van der Waals surface area contributed by atoms with Crippen molar-refractivity contribution in [2.45, 2.75) is 13.5 Å². The number of methoxy groups -OCH3 is 1. The van der Waals surface area contributed by atoms with Crippen molar-refractivity contribution >= 4 is 11.7 Å². The van der Waals surface area contributed by atoms with Crippen LogP contribution in [0.5, 0.6) is 5.75 Å². The molecular formula is C16H17NO3. The molecule has 0 bridgehead atoms. The molecule has 0 radical (unpaired) electrons. The SMILES string of the molecule is COC(=O)c1ccc(CNc2ccc(O)c(C)c2)cc1. The first-order valence-corrected chi connectivity index (χ1v) is 6.31. The summed E-state index contributed by atoms with van der Waals surface area (Å²) in [7, 11) is 1.37. The maximum atomic E-state index is 11.3. The van der Waals surface area contributed by atoms with Gasteiger partial charge in [-0.2, -0.15) is 0 Å². The topological polar surface area (TPSA) is 58.6 Å². The highest BCUT2D eigenvalue weighted by atomic mass is 16.5. The molecule has 4 nitrogen and oxygen atoms in total. The minimum Gasteiger partial charge on any atom is -0.508 e. The fraction of sp³-hybridized carbons (Fsp3) is 0.188. The molecule has 0 aliphatic rings. The van der Waals surface area contributed by atoms with E-state index >= 15 is 0 Å². The molecule has 0 unspecified atom stereocenters. The van der Waals surface area contributed by atoms with Gasteiger partial charge in [-0.1, -0.05) is 12.1 Å². The van der Waals surface area contributed by atoms with Gasteiger partial charge in [-0.3, -0.25) is 0 Å². The number of anilines is 1. The number of aryl methyl sites for hydroxylation is 1. The normalized spacial score (nSPS) is 10.1. The van der Waals surface area contributed by atoms with Gasteiger partial charge < -0.3 is 15.2 Å². The van der Waals surface area contributed by atoms with Crippen molar-refractivity contribution in [3.05, 3.63) is 59.2 Å². The van der Waals surface area contributed by atoms with Crippen LogP contribution in [0, 0.1) is 6.92 Å². The summed E-state index contributed by atoms with van der Waals surface area (Å²) in [6.45, 7) is 2.50. The first kappa shape index (κ1) is 13.9. The highest BCUT2D eigenvalue weighted by Crippen LogP contribution is 2.20. The maximum Gasteiger partial charge on any atom is 0.337 e. The zero-order valence-corrected chi connectivity index (χ0v) is 11.5. The summed E-state index contributed by atoms with van der Waals surface area (Å²) in [4.78, 5) is 11.3. The van der Waals surface area contributed by atoms with Crippen molar-refractivity contribution in [3.8, 4) is 5.75 Å². The van der Waals surface area contributed by atoms with Crippen molar-refractivity contribution in [1.29, 1.82) is 0 Å². The summed E-state index contributed by atoms with van der Waals surface area (Å²) in [5, 5.41) is 12.7. The van der Waals surface area contributed by atoms with Gasteiger partial charge in [-0.15, -0.1) is 0 Å². The Morgan fingerprint density at radius 1 is 1.20 bits per heavy atom. The average molecular weight is 271 g/mol. The summed E-state index contributed by atoms with van der Waals surface area (Å²) in [5.41, 5.74) is 3.37. The highest BCUT2D eigenvalue weighted by Gasteiger charge is 2.04. The Balaban J connectivity index is 2.00. The summed E-state index contributed by atoms with van der Waals surface area (Å²) < 4.78 is 4.65. The molecule has 0 heterocycles. The van der Waals surface area contributed by atoms with E-state index < -0.39 is 0 Å². The monoisotopic (exact) mass is 271 g/mol. The molecule has 0 aliphatic heterocycles. The van der Waals surface area contributed by atoms with Gasteiger partial charge in [0.2, 0.25) is 0 Å². The smallest absolute Gasteiger partial charge is 0.337 e. The van der Waals surface area contributed by atoms with Crippen molar-refractivity contribution in [3.63, 3.8) is 0 Å². The van der Waals surface area contributed by atoms with Crippen LogP contribution in [0.15, 0.2) is 42.5 Å². The minimum atomic E-state index is -0.335. The van der Waals surface area contributed by atoms with E-state index in [4.69, 9.17) is 0 Å². The van der Waals surface area contributed by atoms with E-state index in [2.05, 4.69) is 10.1 Å². The average Bonchev–Trinajstić information content (AvgIpc) is 2.48. The second-order valence-electron chi connectivity index (χ2n) is 4.54. The molecule has 2 rings (SSSR count). The number of hydrogen-bond donors (Lipinski definition) is 2. The lowest BCUT2D eigenvalue weighted by Gasteiger charge is -2.08. The molecule has 0 aromatic heterocycles. The second kappa shape index (κ2) is 6.10. The van der Waals surface area contributed by atoms with Crippen molar-refractivity contribution in [2.75, 3.05) is 12.4 Å². The van der Waals surface area contributed by atoms with Crippen LogP contribution in [-0.2, 0) is 11.3 Å². The lowest BCUT2D eigenvalue weighted by atomic mass is 10.1. The Morgan fingerprint density at radius 3 is 2.50 bits per heavy atom. The van der Waals surface area contributed by atoms with E-state index in [-0.39, 0.29) is 11.7 Å². The molecule has 2 aromatic rings. The van der Waals surface area contributed by atoms with Crippen LogP contribution in [0.3, 0.4) is 0 Å². The van der Waals surface area contributed by atoms with Crippen LogP contribution in [0.1, 0.15) is 21.5 Å². The first-order chi connectivity index (χ1) is 9.60. The fourth-order valence-electron chi connectivity index (χ4n) is 1.85. The number of phenolic OH excluding ortho intramolecular Hbond substituents is 1. The van der Waals surface area contributed by atoms with Gasteiger partial charge in [0.25, 0.3) is 0 Å². The molecule has 0 aliphatic carbocycles. The van der Waals surface area contributed by atoms with Gasteiger partial charge in [0.15, 0.2) is 0 Å². The van der Waals surface area contributed by atoms with Gasteiger partial charge in [-0.25, -0.2) is 4.79 Å². The third-order valence-electron chi connectivity index (χ3n) is 3.07. The molecule has 0 fully saturated rings. The number of ether oxygens (including phenoxy) is 1. The Labute approximate surface area is 118 Å². The predicted molar refractivity (Wildman–Crippen MR) is 78.0 cm³/mol. The summed E-state index contributed by atoms with van der Waals surface area (Å²) in [6.07, 6.45) is 0. The van der Waals surface area contributed by atoms with Crippen LogP contribution in [0.4, 0.5) is 5.69 Å².